The standard InChI is InChI=1S/C11H17ClFN3/c1-8-10(12)9(16(2)15-8)6-11(13)4-3-5-14-7-11/h14H,3-7H2,1-2H3. The van der Waals surface area contributed by atoms with Gasteiger partial charge in [-0.05, 0) is 26.3 Å². The third-order valence-electron chi connectivity index (χ3n) is 3.17. The van der Waals surface area contributed by atoms with E-state index in [2.05, 4.69) is 10.4 Å². The quantitative estimate of drug-likeness (QED) is 0.864. The minimum absolute atomic E-state index is 0.343. The van der Waals surface area contributed by atoms with Gasteiger partial charge in [-0.1, -0.05) is 11.6 Å². The first kappa shape index (κ1) is 11.9. The summed E-state index contributed by atoms with van der Waals surface area (Å²) in [7, 11) is 1.81. The largest absolute Gasteiger partial charge is 0.314 e. The number of aromatic nitrogens is 2. The molecule has 0 aromatic carbocycles. The van der Waals surface area contributed by atoms with Crippen LogP contribution < -0.4 is 5.32 Å². The molecule has 0 amide bonds. The molecule has 1 N–H and O–H groups in total. The minimum Gasteiger partial charge on any atom is -0.314 e. The lowest BCUT2D eigenvalue weighted by molar-refractivity contribution is 0.120. The van der Waals surface area contributed by atoms with Crippen molar-refractivity contribution >= 4 is 11.6 Å². The van der Waals surface area contributed by atoms with Gasteiger partial charge in [0.15, 0.2) is 0 Å². The predicted molar refractivity (Wildman–Crippen MR) is 62.6 cm³/mol. The summed E-state index contributed by atoms with van der Waals surface area (Å²) >= 11 is 6.12. The molecule has 1 aromatic rings. The maximum absolute atomic E-state index is 14.5. The third-order valence-corrected chi connectivity index (χ3v) is 3.66. The van der Waals surface area contributed by atoms with Crippen molar-refractivity contribution in [3.05, 3.63) is 16.4 Å². The van der Waals surface area contributed by atoms with Gasteiger partial charge < -0.3 is 5.32 Å². The maximum Gasteiger partial charge on any atom is 0.129 e. The SMILES string of the molecule is Cc1nn(C)c(CC2(F)CCCNC2)c1Cl. The van der Waals surface area contributed by atoms with Crippen LogP contribution in [0.4, 0.5) is 4.39 Å². The van der Waals surface area contributed by atoms with E-state index in [9.17, 15) is 4.39 Å². The summed E-state index contributed by atoms with van der Waals surface area (Å²) in [5.41, 5.74) is 0.388. The number of hydrogen-bond donors (Lipinski definition) is 1. The lowest BCUT2D eigenvalue weighted by Gasteiger charge is -2.30. The monoisotopic (exact) mass is 245 g/mol. The zero-order chi connectivity index (χ0) is 11.8. The number of rotatable bonds is 2. The zero-order valence-corrected chi connectivity index (χ0v) is 10.4. The molecule has 16 heavy (non-hydrogen) atoms. The van der Waals surface area contributed by atoms with Crippen LogP contribution in [0.15, 0.2) is 0 Å². The number of aryl methyl sites for hydroxylation is 2. The van der Waals surface area contributed by atoms with Gasteiger partial charge in [-0.2, -0.15) is 5.10 Å². The van der Waals surface area contributed by atoms with E-state index < -0.39 is 5.67 Å². The summed E-state index contributed by atoms with van der Waals surface area (Å²) in [6.45, 7) is 3.16. The Balaban J connectivity index is 2.19. The van der Waals surface area contributed by atoms with E-state index in [1.807, 2.05) is 14.0 Å². The summed E-state index contributed by atoms with van der Waals surface area (Å²) in [5.74, 6) is 0. The Hall–Kier alpha value is -0.610. The van der Waals surface area contributed by atoms with Crippen LogP contribution in [-0.4, -0.2) is 28.5 Å². The van der Waals surface area contributed by atoms with Crippen LogP contribution in [0.5, 0.6) is 0 Å². The molecule has 5 heteroatoms. The van der Waals surface area contributed by atoms with Crippen LogP contribution in [0, 0.1) is 6.92 Å². The maximum atomic E-state index is 14.5. The Bertz CT molecular complexity index is 383. The predicted octanol–water partition coefficient (Wildman–Crippen LogP) is 2.02. The second-order valence-electron chi connectivity index (χ2n) is 4.58. The van der Waals surface area contributed by atoms with E-state index in [1.54, 1.807) is 4.68 Å². The topological polar surface area (TPSA) is 29.9 Å². The number of hydrogen-bond acceptors (Lipinski definition) is 2. The molecule has 1 aliphatic rings. The molecule has 1 aliphatic heterocycles. The van der Waals surface area contributed by atoms with Crippen LogP contribution in [-0.2, 0) is 13.5 Å². The van der Waals surface area contributed by atoms with Crippen LogP contribution >= 0.6 is 11.6 Å². The Morgan fingerprint density at radius 3 is 2.88 bits per heavy atom. The lowest BCUT2D eigenvalue weighted by Crippen LogP contribution is -2.44. The van der Waals surface area contributed by atoms with Gasteiger partial charge in [0.25, 0.3) is 0 Å². The summed E-state index contributed by atoms with van der Waals surface area (Å²) in [6.07, 6.45) is 1.82. The normalized spacial score (nSPS) is 26.0. The average Bonchev–Trinajstić information content (AvgIpc) is 2.46. The molecule has 0 bridgehead atoms. The number of piperidine rings is 1. The van der Waals surface area contributed by atoms with Crippen LogP contribution in [0.3, 0.4) is 0 Å². The fourth-order valence-corrected chi connectivity index (χ4v) is 2.48. The molecule has 0 saturated carbocycles. The van der Waals surface area contributed by atoms with E-state index in [0.717, 1.165) is 24.4 Å². The van der Waals surface area contributed by atoms with E-state index in [1.165, 1.54) is 0 Å². The first-order chi connectivity index (χ1) is 7.52. The van der Waals surface area contributed by atoms with Gasteiger partial charge in [0.1, 0.15) is 5.67 Å². The number of alkyl halides is 1. The van der Waals surface area contributed by atoms with Crippen molar-refractivity contribution in [3.8, 4) is 0 Å². The summed E-state index contributed by atoms with van der Waals surface area (Å²) in [6, 6.07) is 0. The first-order valence-electron chi connectivity index (χ1n) is 5.59. The minimum atomic E-state index is -1.18. The third kappa shape index (κ3) is 2.23. The van der Waals surface area contributed by atoms with Crippen molar-refractivity contribution in [2.75, 3.05) is 13.1 Å². The Morgan fingerprint density at radius 1 is 1.62 bits per heavy atom. The lowest BCUT2D eigenvalue weighted by atomic mass is 9.91. The highest BCUT2D eigenvalue weighted by atomic mass is 35.5. The van der Waals surface area contributed by atoms with Crippen LogP contribution in [0.1, 0.15) is 24.2 Å². The van der Waals surface area contributed by atoms with Gasteiger partial charge in [-0.25, -0.2) is 4.39 Å². The van der Waals surface area contributed by atoms with E-state index in [0.29, 0.717) is 24.4 Å². The number of halogens is 2. The molecule has 2 heterocycles. The van der Waals surface area contributed by atoms with Crippen molar-refractivity contribution in [3.63, 3.8) is 0 Å². The van der Waals surface area contributed by atoms with Gasteiger partial charge in [0.05, 0.1) is 16.4 Å². The number of nitrogens with one attached hydrogen (secondary N) is 1. The molecule has 2 rings (SSSR count). The van der Waals surface area contributed by atoms with Crippen LogP contribution in [0.25, 0.3) is 0 Å². The molecule has 1 fully saturated rings. The smallest absolute Gasteiger partial charge is 0.129 e. The van der Waals surface area contributed by atoms with E-state index in [-0.39, 0.29) is 0 Å². The average molecular weight is 246 g/mol. The van der Waals surface area contributed by atoms with Crippen molar-refractivity contribution in [2.24, 2.45) is 7.05 Å². The second kappa shape index (κ2) is 4.34. The van der Waals surface area contributed by atoms with Crippen molar-refractivity contribution in [1.82, 2.24) is 15.1 Å². The van der Waals surface area contributed by atoms with Gasteiger partial charge in [-0.15, -0.1) is 0 Å². The molecule has 1 saturated heterocycles. The van der Waals surface area contributed by atoms with Gasteiger partial charge in [-0.3, -0.25) is 4.68 Å². The molecule has 1 unspecified atom stereocenters. The van der Waals surface area contributed by atoms with Crippen molar-refractivity contribution in [2.45, 2.75) is 31.9 Å². The van der Waals surface area contributed by atoms with Gasteiger partial charge >= 0.3 is 0 Å². The fraction of sp³-hybridized carbons (Fsp3) is 0.727. The molecule has 1 atom stereocenters. The van der Waals surface area contributed by atoms with E-state index >= 15 is 0 Å². The summed E-state index contributed by atoms with van der Waals surface area (Å²) in [4.78, 5) is 0. The first-order valence-corrected chi connectivity index (χ1v) is 5.97. The highest BCUT2D eigenvalue weighted by Gasteiger charge is 2.34. The fourth-order valence-electron chi connectivity index (χ4n) is 2.25. The van der Waals surface area contributed by atoms with Gasteiger partial charge in [0, 0.05) is 20.0 Å². The molecular weight excluding hydrogens is 229 g/mol. The second-order valence-corrected chi connectivity index (χ2v) is 4.96. The molecule has 0 spiro atoms. The van der Waals surface area contributed by atoms with E-state index in [4.69, 9.17) is 11.6 Å². The summed E-state index contributed by atoms with van der Waals surface area (Å²) < 4.78 is 16.2. The molecule has 1 aromatic heterocycles. The highest BCUT2D eigenvalue weighted by Crippen LogP contribution is 2.29. The molecule has 90 valence electrons. The van der Waals surface area contributed by atoms with Gasteiger partial charge in [0.2, 0.25) is 0 Å². The Kier molecular flexibility index (Phi) is 3.22. The molecular formula is C11H17ClFN3. The molecule has 0 aliphatic carbocycles. The Labute approximate surface area is 100.0 Å². The summed E-state index contributed by atoms with van der Waals surface area (Å²) in [5, 5.41) is 7.90. The van der Waals surface area contributed by atoms with Crippen molar-refractivity contribution in [1.29, 1.82) is 0 Å². The van der Waals surface area contributed by atoms with Crippen molar-refractivity contribution < 1.29 is 4.39 Å². The molecule has 0 radical (unpaired) electrons. The molecule has 3 nitrogen and oxygen atoms in total. The highest BCUT2D eigenvalue weighted by molar-refractivity contribution is 6.31. The Morgan fingerprint density at radius 2 is 2.38 bits per heavy atom. The zero-order valence-electron chi connectivity index (χ0n) is 9.69. The van der Waals surface area contributed by atoms with Crippen LogP contribution in [0.2, 0.25) is 5.02 Å². The number of nitrogens with zero attached hydrogens (tertiary/aromatic N) is 2.